The van der Waals surface area contributed by atoms with Crippen molar-refractivity contribution in [3.63, 3.8) is 0 Å². The van der Waals surface area contributed by atoms with E-state index in [1.54, 1.807) is 53.6 Å². The van der Waals surface area contributed by atoms with Crippen LogP contribution < -0.4 is 25.6 Å². The molecule has 0 aliphatic carbocycles. The number of nitrogens with zero attached hydrogens (tertiary/aromatic N) is 7. The first-order valence-corrected chi connectivity index (χ1v) is 24.5. The molecule has 19 heteroatoms. The first kappa shape index (κ1) is 45.6. The number of carbonyl (C=O) groups is 5. The van der Waals surface area contributed by atoms with Crippen LogP contribution in [0.3, 0.4) is 0 Å². The Morgan fingerprint density at radius 2 is 1.75 bits per heavy atom. The molecule has 72 heavy (non-hydrogen) atoms. The molecule has 7 aliphatic heterocycles. The molecular weight excluding hydrogens is 927 g/mol. The Hall–Kier alpha value is -7.56. The van der Waals surface area contributed by atoms with Crippen LogP contribution in [0.1, 0.15) is 71.2 Å². The predicted octanol–water partition coefficient (Wildman–Crippen LogP) is 5.17. The summed E-state index contributed by atoms with van der Waals surface area (Å²) in [5.41, 5.74) is 1.73. The lowest BCUT2D eigenvalue weighted by Gasteiger charge is -2.39. The van der Waals surface area contributed by atoms with E-state index in [4.69, 9.17) is 25.9 Å². The van der Waals surface area contributed by atoms with Crippen molar-refractivity contribution in [2.45, 2.75) is 74.7 Å². The number of amides is 5. The van der Waals surface area contributed by atoms with Crippen molar-refractivity contribution in [3.05, 3.63) is 95.2 Å². The zero-order chi connectivity index (χ0) is 49.6. The molecule has 368 valence electrons. The summed E-state index contributed by atoms with van der Waals surface area (Å²) in [4.78, 5) is 85.8. The number of hydrogen-bond acceptors (Lipinski definition) is 14. The summed E-state index contributed by atoms with van der Waals surface area (Å²) in [5.74, 6) is -0.551. The average molecular weight is 977 g/mol. The minimum Gasteiger partial charge on any atom is -0.461 e. The van der Waals surface area contributed by atoms with Crippen LogP contribution in [0.25, 0.3) is 32.9 Å². The number of rotatable bonds is 11. The number of likely N-dealkylation sites (tertiary alicyclic amines) is 1. The van der Waals surface area contributed by atoms with Crippen LogP contribution in [0, 0.1) is 29.9 Å². The number of pyridine rings is 1. The Labute approximate surface area is 412 Å². The fraction of sp³-hybridized carbons (Fsp3) is 0.396. The first-order valence-electron chi connectivity index (χ1n) is 24.5. The second-order valence-corrected chi connectivity index (χ2v) is 20.2. The molecule has 5 amide bonds. The minimum atomic E-state index is -1.06. The van der Waals surface area contributed by atoms with Gasteiger partial charge in [0, 0.05) is 92.6 Å². The summed E-state index contributed by atoms with van der Waals surface area (Å²) in [7, 11) is 0. The highest BCUT2D eigenvalue weighted by Gasteiger charge is 2.52. The number of piperidine rings is 1. The highest BCUT2D eigenvalue weighted by atomic mass is 19.1. The molecule has 0 radical (unpaired) electrons. The van der Waals surface area contributed by atoms with Crippen molar-refractivity contribution >= 4 is 62.9 Å². The molecule has 0 saturated carbocycles. The minimum absolute atomic E-state index is 0.0159. The number of halogens is 2. The third kappa shape index (κ3) is 7.66. The summed E-state index contributed by atoms with van der Waals surface area (Å²) < 4.78 is 44.7. The van der Waals surface area contributed by atoms with Crippen LogP contribution in [-0.4, -0.2) is 142 Å². The van der Waals surface area contributed by atoms with Gasteiger partial charge in [0.2, 0.25) is 11.8 Å². The molecule has 3 unspecified atom stereocenters. The maximum Gasteiger partial charge on any atom is 0.409 e. The van der Waals surface area contributed by atoms with Crippen molar-refractivity contribution in [2.75, 3.05) is 62.7 Å². The molecule has 12 rings (SSSR count). The molecule has 5 atom stereocenters. The summed E-state index contributed by atoms with van der Waals surface area (Å²) in [6, 6.07) is 12.4. The number of piperazine rings is 1. The number of fused-ring (bicyclic) bond motifs is 6. The number of imide groups is 2. The van der Waals surface area contributed by atoms with Gasteiger partial charge in [0.1, 0.15) is 42.1 Å². The standard InChI is InChI=1S/C53H50F2N10O7/c1-3-34-38(54)13-10-30-6-4-7-35(42(30)34)45-44(55)46-37(20-57-45)47(62-24-31-11-12-32(25-62)58-31)61-51(60-46)72-27-53-17-16-33(64(53)21-28(2)18-53)26-71-52(70)63-22-29(23-63)19-56-39-9-5-8-36-43(39)50(69)65(49(36)68)40-14-15-41(66)59-48(40)67/h1,4-10,13,20,29,31-33,40,56,58H,2,11-12,14-19,21-27H2,(H,59,66,67)/t31?,32?,33-,40?,53-/m0/s1. The van der Waals surface area contributed by atoms with Gasteiger partial charge in [0.15, 0.2) is 5.82 Å². The van der Waals surface area contributed by atoms with Crippen molar-refractivity contribution < 1.29 is 42.2 Å². The lowest BCUT2D eigenvalue weighted by molar-refractivity contribution is -0.136. The Morgan fingerprint density at radius 3 is 2.54 bits per heavy atom. The lowest BCUT2D eigenvalue weighted by Crippen LogP contribution is -2.54. The molecule has 6 fully saturated rings. The molecule has 2 aromatic heterocycles. The van der Waals surface area contributed by atoms with Crippen LogP contribution in [0.2, 0.25) is 0 Å². The second kappa shape index (κ2) is 17.6. The second-order valence-electron chi connectivity index (χ2n) is 20.2. The number of carbonyl (C=O) groups excluding carboxylic acids is 5. The first-order chi connectivity index (χ1) is 34.9. The van der Waals surface area contributed by atoms with E-state index in [0.29, 0.717) is 78.9 Å². The fourth-order valence-electron chi connectivity index (χ4n) is 12.1. The number of aromatic nitrogens is 3. The molecule has 3 N–H and O–H groups in total. The summed E-state index contributed by atoms with van der Waals surface area (Å²) >= 11 is 0. The predicted molar refractivity (Wildman–Crippen MR) is 260 cm³/mol. The van der Waals surface area contributed by atoms with E-state index in [1.807, 2.05) is 0 Å². The smallest absolute Gasteiger partial charge is 0.409 e. The van der Waals surface area contributed by atoms with Crippen LogP contribution in [0.5, 0.6) is 6.01 Å². The van der Waals surface area contributed by atoms with Gasteiger partial charge in [0.05, 0.1) is 27.6 Å². The average Bonchev–Trinajstić information content (AvgIpc) is 4.06. The van der Waals surface area contributed by atoms with Crippen LogP contribution >= 0.6 is 0 Å². The third-order valence-corrected chi connectivity index (χ3v) is 15.7. The normalized spacial score (nSPS) is 25.0. The van der Waals surface area contributed by atoms with Gasteiger partial charge < -0.3 is 29.9 Å². The van der Waals surface area contributed by atoms with Crippen LogP contribution in [0.15, 0.2) is 66.9 Å². The maximum absolute atomic E-state index is 17.2. The Balaban J connectivity index is 0.714. The summed E-state index contributed by atoms with van der Waals surface area (Å²) in [6.07, 6.45) is 11.2. The largest absolute Gasteiger partial charge is 0.461 e. The number of hydrogen-bond donors (Lipinski definition) is 3. The zero-order valence-corrected chi connectivity index (χ0v) is 39.2. The van der Waals surface area contributed by atoms with Crippen molar-refractivity contribution in [1.82, 2.24) is 40.3 Å². The number of benzene rings is 3. The van der Waals surface area contributed by atoms with Gasteiger partial charge in [-0.2, -0.15) is 9.97 Å². The van der Waals surface area contributed by atoms with E-state index in [9.17, 15) is 24.0 Å². The lowest BCUT2D eigenvalue weighted by atomic mass is 9.94. The zero-order valence-electron chi connectivity index (χ0n) is 39.2. The van der Waals surface area contributed by atoms with Gasteiger partial charge in [0.25, 0.3) is 11.8 Å². The van der Waals surface area contributed by atoms with E-state index < -0.39 is 52.9 Å². The van der Waals surface area contributed by atoms with Crippen molar-refractivity contribution in [1.29, 1.82) is 0 Å². The Kier molecular flexibility index (Phi) is 11.2. The number of terminal acetylenes is 1. The Morgan fingerprint density at radius 1 is 0.958 bits per heavy atom. The molecule has 17 nitrogen and oxygen atoms in total. The van der Waals surface area contributed by atoms with E-state index >= 15 is 8.78 Å². The SMILES string of the molecule is C#Cc1c(F)ccc2cccc(-c3ncc4c(N5CC6CCC(C5)N6)nc(OC[C@@]56CC[C@@H](COC(=O)N7CC(CNc8cccc9c8C(=O)N(C8CCC(=O)NC8=O)C9=O)C7)N5CC(=C)C6)nc4c3F)c12. The highest BCUT2D eigenvalue weighted by molar-refractivity contribution is 6.25. The van der Waals surface area contributed by atoms with Crippen LogP contribution in [0.4, 0.5) is 25.1 Å². The number of nitrogens with one attached hydrogen (secondary N) is 3. The van der Waals surface area contributed by atoms with Crippen molar-refractivity contribution in [3.8, 4) is 29.6 Å². The van der Waals surface area contributed by atoms with Gasteiger partial charge >= 0.3 is 12.1 Å². The quantitative estimate of drug-likeness (QED) is 0.0893. The van der Waals surface area contributed by atoms with Gasteiger partial charge in [-0.3, -0.25) is 39.3 Å². The summed E-state index contributed by atoms with van der Waals surface area (Å²) in [5, 5.41) is 10.6. The molecule has 6 saturated heterocycles. The monoisotopic (exact) mass is 976 g/mol. The van der Waals surface area contributed by atoms with Crippen LogP contribution in [-0.2, 0) is 14.3 Å². The van der Waals surface area contributed by atoms with Gasteiger partial charge in [-0.25, -0.2) is 13.6 Å². The van der Waals surface area contributed by atoms with Gasteiger partial charge in [-0.05, 0) is 62.1 Å². The van der Waals surface area contributed by atoms with Gasteiger partial charge in [-0.15, -0.1) is 6.42 Å². The highest BCUT2D eigenvalue weighted by Crippen LogP contribution is 2.45. The van der Waals surface area contributed by atoms with E-state index in [-0.39, 0.29) is 84.0 Å². The van der Waals surface area contributed by atoms with Crippen molar-refractivity contribution in [2.24, 2.45) is 5.92 Å². The molecular formula is C53H50F2N10O7. The number of ether oxygens (including phenoxy) is 2. The molecule has 3 aromatic carbocycles. The third-order valence-electron chi connectivity index (χ3n) is 15.7. The Bertz CT molecular complexity index is 3220. The molecule has 2 bridgehead atoms. The molecule has 5 aromatic rings. The molecule has 7 aliphatic rings. The molecule has 9 heterocycles. The van der Waals surface area contributed by atoms with Gasteiger partial charge in [-0.1, -0.05) is 48.4 Å². The summed E-state index contributed by atoms with van der Waals surface area (Å²) in [6.45, 7) is 7.86. The maximum atomic E-state index is 17.2. The van der Waals surface area contributed by atoms with E-state index in [2.05, 4.69) is 43.2 Å². The molecule has 0 spiro atoms. The number of anilines is 2. The fourth-order valence-corrected chi connectivity index (χ4v) is 12.1. The van der Waals surface area contributed by atoms with E-state index in [1.165, 1.54) is 6.07 Å². The van der Waals surface area contributed by atoms with E-state index in [0.717, 1.165) is 36.2 Å². The topological polar surface area (TPSA) is 192 Å².